The van der Waals surface area contributed by atoms with Crippen LogP contribution in [0.1, 0.15) is 36.6 Å². The van der Waals surface area contributed by atoms with Crippen molar-refractivity contribution in [2.75, 3.05) is 14.2 Å². The van der Waals surface area contributed by atoms with E-state index in [-0.39, 0.29) is 11.9 Å². The van der Waals surface area contributed by atoms with Crippen LogP contribution in [-0.2, 0) is 11.2 Å². The van der Waals surface area contributed by atoms with Crippen molar-refractivity contribution in [1.29, 1.82) is 0 Å². The molecule has 0 aromatic heterocycles. The molecule has 136 valence electrons. The van der Waals surface area contributed by atoms with Crippen LogP contribution < -0.4 is 14.9 Å². The zero-order valence-corrected chi connectivity index (χ0v) is 15.6. The largest absolute Gasteiger partial charge is 0.493 e. The van der Waals surface area contributed by atoms with Gasteiger partial charge in [-0.1, -0.05) is 31.2 Å². The molecule has 1 heterocycles. The summed E-state index contributed by atoms with van der Waals surface area (Å²) in [5.74, 6) is 1.28. The van der Waals surface area contributed by atoms with Crippen molar-refractivity contribution in [3.05, 3.63) is 65.2 Å². The Bertz CT molecular complexity index is 828. The van der Waals surface area contributed by atoms with Gasteiger partial charge in [0.05, 0.1) is 26.0 Å². The Balaban J connectivity index is 1.96. The molecule has 0 fully saturated rings. The summed E-state index contributed by atoms with van der Waals surface area (Å²) >= 11 is 0. The highest BCUT2D eigenvalue weighted by Gasteiger charge is 2.29. The third-order valence-corrected chi connectivity index (χ3v) is 4.61. The number of carbonyl (C=O) groups excluding carboxylic acids is 1. The van der Waals surface area contributed by atoms with Gasteiger partial charge in [0.1, 0.15) is 0 Å². The Morgan fingerprint density at radius 3 is 2.35 bits per heavy atom. The van der Waals surface area contributed by atoms with E-state index in [2.05, 4.69) is 42.7 Å². The van der Waals surface area contributed by atoms with Crippen LogP contribution in [0, 0.1) is 0 Å². The van der Waals surface area contributed by atoms with Gasteiger partial charge in [-0.25, -0.2) is 5.01 Å². The fourth-order valence-corrected chi connectivity index (χ4v) is 3.10. The number of nitrogens with zero attached hydrogens (tertiary/aromatic N) is 1. The average molecular weight is 352 g/mol. The Morgan fingerprint density at radius 1 is 1.08 bits per heavy atom. The average Bonchev–Trinajstić information content (AvgIpc) is 3.13. The number of benzene rings is 2. The second-order valence-corrected chi connectivity index (χ2v) is 6.19. The predicted octanol–water partition coefficient (Wildman–Crippen LogP) is 3.72. The molecule has 0 saturated heterocycles. The Morgan fingerprint density at radius 2 is 1.77 bits per heavy atom. The van der Waals surface area contributed by atoms with Crippen molar-refractivity contribution in [3.8, 4) is 11.5 Å². The van der Waals surface area contributed by atoms with Gasteiger partial charge >= 0.3 is 0 Å². The molecular weight excluding hydrogens is 328 g/mol. The summed E-state index contributed by atoms with van der Waals surface area (Å²) in [6, 6.07) is 13.9. The number of hydrogen-bond acceptors (Lipinski definition) is 4. The highest BCUT2D eigenvalue weighted by atomic mass is 16.5. The van der Waals surface area contributed by atoms with Gasteiger partial charge in [-0.3, -0.25) is 10.2 Å². The minimum Gasteiger partial charge on any atom is -0.493 e. The van der Waals surface area contributed by atoms with Crippen LogP contribution >= 0.6 is 0 Å². The van der Waals surface area contributed by atoms with E-state index in [4.69, 9.17) is 9.47 Å². The molecule has 0 spiro atoms. The zero-order valence-electron chi connectivity index (χ0n) is 15.6. The smallest absolute Gasteiger partial charge is 0.238 e. The van der Waals surface area contributed by atoms with Crippen LogP contribution in [-0.4, -0.2) is 25.1 Å². The molecule has 2 aromatic carbocycles. The summed E-state index contributed by atoms with van der Waals surface area (Å²) < 4.78 is 10.7. The van der Waals surface area contributed by atoms with Crippen LogP contribution in [0.2, 0.25) is 0 Å². The number of rotatable bonds is 5. The van der Waals surface area contributed by atoms with E-state index in [0.29, 0.717) is 11.5 Å². The van der Waals surface area contributed by atoms with E-state index >= 15 is 0 Å². The molecule has 0 aliphatic carbocycles. The van der Waals surface area contributed by atoms with Crippen molar-refractivity contribution in [2.45, 2.75) is 26.3 Å². The first kappa shape index (κ1) is 17.9. The maximum atomic E-state index is 12.1. The number of amides is 1. The van der Waals surface area contributed by atoms with Crippen LogP contribution in [0.15, 0.2) is 48.5 Å². The van der Waals surface area contributed by atoms with E-state index in [1.807, 2.05) is 18.2 Å². The summed E-state index contributed by atoms with van der Waals surface area (Å²) in [4.78, 5) is 12.1. The van der Waals surface area contributed by atoms with Crippen LogP contribution in [0.4, 0.5) is 0 Å². The quantitative estimate of drug-likeness (QED) is 0.891. The number of ether oxygens (including phenoxy) is 2. The highest BCUT2D eigenvalue weighted by molar-refractivity contribution is 5.79. The van der Waals surface area contributed by atoms with Crippen molar-refractivity contribution in [2.24, 2.45) is 0 Å². The third-order valence-electron chi connectivity index (χ3n) is 4.61. The SMILES string of the molecule is CCc1ccc([C@H]2C=C(c3ccc(OC)c(OC)c3)NN2C(C)=O)cc1. The number of hydrogen-bond donors (Lipinski definition) is 1. The van der Waals surface area contributed by atoms with Crippen LogP contribution in [0.5, 0.6) is 11.5 Å². The van der Waals surface area contributed by atoms with Gasteiger partial charge in [-0.05, 0) is 41.8 Å². The maximum Gasteiger partial charge on any atom is 0.238 e. The fraction of sp³-hybridized carbons (Fsp3) is 0.286. The van der Waals surface area contributed by atoms with E-state index in [0.717, 1.165) is 23.2 Å². The van der Waals surface area contributed by atoms with Crippen molar-refractivity contribution in [1.82, 2.24) is 10.4 Å². The normalized spacial score (nSPS) is 16.1. The molecule has 26 heavy (non-hydrogen) atoms. The second-order valence-electron chi connectivity index (χ2n) is 6.19. The van der Waals surface area contributed by atoms with Gasteiger partial charge in [0.15, 0.2) is 11.5 Å². The molecule has 2 aromatic rings. The molecule has 3 rings (SSSR count). The minimum atomic E-state index is -0.151. The van der Waals surface area contributed by atoms with Gasteiger partial charge in [-0.2, -0.15) is 0 Å². The molecule has 1 aliphatic rings. The van der Waals surface area contributed by atoms with Gasteiger partial charge in [0.2, 0.25) is 5.91 Å². The van der Waals surface area contributed by atoms with Crippen LogP contribution in [0.3, 0.4) is 0 Å². The lowest BCUT2D eigenvalue weighted by atomic mass is 10.0. The molecule has 1 aliphatic heterocycles. The lowest BCUT2D eigenvalue weighted by Crippen LogP contribution is -2.37. The molecule has 0 saturated carbocycles. The molecule has 1 N–H and O–H groups in total. The Kier molecular flexibility index (Phi) is 5.16. The summed E-state index contributed by atoms with van der Waals surface area (Å²) in [5, 5.41) is 1.65. The predicted molar refractivity (Wildman–Crippen MR) is 102 cm³/mol. The Hall–Kier alpha value is -2.95. The fourth-order valence-electron chi connectivity index (χ4n) is 3.10. The third kappa shape index (κ3) is 3.38. The second kappa shape index (κ2) is 7.52. The van der Waals surface area contributed by atoms with Gasteiger partial charge in [0, 0.05) is 12.5 Å². The zero-order chi connectivity index (χ0) is 18.7. The summed E-state index contributed by atoms with van der Waals surface area (Å²) in [6.45, 7) is 3.69. The van der Waals surface area contributed by atoms with Crippen molar-refractivity contribution < 1.29 is 14.3 Å². The minimum absolute atomic E-state index is 0.0405. The molecule has 5 heteroatoms. The lowest BCUT2D eigenvalue weighted by molar-refractivity contribution is -0.132. The monoisotopic (exact) mass is 352 g/mol. The van der Waals surface area contributed by atoms with Gasteiger partial charge in [0.25, 0.3) is 0 Å². The number of nitrogens with one attached hydrogen (secondary N) is 1. The molecule has 0 bridgehead atoms. The first-order valence-electron chi connectivity index (χ1n) is 8.67. The van der Waals surface area contributed by atoms with Gasteiger partial charge < -0.3 is 9.47 Å². The van der Waals surface area contributed by atoms with E-state index in [9.17, 15) is 4.79 Å². The molecule has 0 unspecified atom stereocenters. The van der Waals surface area contributed by atoms with Crippen molar-refractivity contribution >= 4 is 11.6 Å². The first-order chi connectivity index (χ1) is 12.6. The number of hydrazine groups is 1. The summed E-state index contributed by atoms with van der Waals surface area (Å²) in [5.41, 5.74) is 7.37. The van der Waals surface area contributed by atoms with E-state index in [1.54, 1.807) is 26.2 Å². The molecule has 1 atom stereocenters. The topological polar surface area (TPSA) is 50.8 Å². The van der Waals surface area contributed by atoms with E-state index < -0.39 is 0 Å². The standard InChI is InChI=1S/C21H24N2O3/c1-5-15-6-8-16(9-7-15)19-13-18(22-23(19)14(2)24)17-10-11-20(25-3)21(12-17)26-4/h6-13,19,22H,5H2,1-4H3/t19-/m1/s1. The molecule has 0 radical (unpaired) electrons. The first-order valence-corrected chi connectivity index (χ1v) is 8.67. The number of carbonyl (C=O) groups is 1. The summed E-state index contributed by atoms with van der Waals surface area (Å²) in [6.07, 6.45) is 3.05. The maximum absolute atomic E-state index is 12.1. The molecule has 5 nitrogen and oxygen atoms in total. The highest BCUT2D eigenvalue weighted by Crippen LogP contribution is 2.35. The summed E-state index contributed by atoms with van der Waals surface area (Å²) in [7, 11) is 3.22. The van der Waals surface area contributed by atoms with Gasteiger partial charge in [-0.15, -0.1) is 0 Å². The number of aryl methyl sites for hydroxylation is 1. The number of methoxy groups -OCH3 is 2. The van der Waals surface area contributed by atoms with Crippen LogP contribution in [0.25, 0.3) is 5.70 Å². The van der Waals surface area contributed by atoms with E-state index in [1.165, 1.54) is 5.56 Å². The molecule has 1 amide bonds. The lowest BCUT2D eigenvalue weighted by Gasteiger charge is -2.24. The molecular formula is C21H24N2O3. The Labute approximate surface area is 154 Å². The van der Waals surface area contributed by atoms with Crippen molar-refractivity contribution in [3.63, 3.8) is 0 Å².